The predicted octanol–water partition coefficient (Wildman–Crippen LogP) is 4.83. The van der Waals surface area contributed by atoms with Crippen LogP contribution in [0.5, 0.6) is 11.5 Å². The number of para-hydroxylation sites is 1. The van der Waals surface area contributed by atoms with Crippen molar-refractivity contribution in [2.45, 2.75) is 20.0 Å². The minimum absolute atomic E-state index is 0.000125. The second-order valence-electron chi connectivity index (χ2n) is 8.77. The zero-order valence-corrected chi connectivity index (χ0v) is 23.3. The molecule has 3 aromatic carbocycles. The van der Waals surface area contributed by atoms with Gasteiger partial charge in [-0.05, 0) is 75.4 Å². The Morgan fingerprint density at radius 2 is 1.88 bits per heavy atom. The van der Waals surface area contributed by atoms with Gasteiger partial charge >= 0.3 is 12.0 Å². The standard InChI is InChI=1S/C29H26BrN3O7/c1-3-19-8-4-5-10-22(19)31-25(34)15-33-27(35)23(32-29(33)38)13-18-12-21(30)26(24(14-18)39-2)40-16-17-7-6-9-20(11-17)28(36)37/h4-14H,3,15-16H2,1-2H3,(H,31,34)(H,32,38)(H,36,37)/b23-13+. The van der Waals surface area contributed by atoms with Gasteiger partial charge in [0, 0.05) is 5.69 Å². The van der Waals surface area contributed by atoms with Crippen molar-refractivity contribution in [3.05, 3.63) is 93.1 Å². The van der Waals surface area contributed by atoms with Crippen molar-refractivity contribution < 1.29 is 33.8 Å². The van der Waals surface area contributed by atoms with Gasteiger partial charge in [0.1, 0.15) is 18.8 Å². The van der Waals surface area contributed by atoms with Crippen LogP contribution in [0.3, 0.4) is 0 Å². The van der Waals surface area contributed by atoms with E-state index in [1.165, 1.54) is 25.3 Å². The van der Waals surface area contributed by atoms with Gasteiger partial charge in [0.25, 0.3) is 5.91 Å². The quantitative estimate of drug-likeness (QED) is 0.222. The average Bonchev–Trinajstić information content (AvgIpc) is 3.19. The highest BCUT2D eigenvalue weighted by atomic mass is 79.9. The van der Waals surface area contributed by atoms with Gasteiger partial charge in [-0.15, -0.1) is 0 Å². The number of aromatic carboxylic acids is 1. The zero-order chi connectivity index (χ0) is 28.8. The number of rotatable bonds is 10. The van der Waals surface area contributed by atoms with Crippen LogP contribution in [0, 0.1) is 0 Å². The number of benzene rings is 3. The number of anilines is 1. The number of amides is 4. The second kappa shape index (κ2) is 12.5. The average molecular weight is 608 g/mol. The Labute approximate surface area is 238 Å². The third-order valence-corrected chi connectivity index (χ3v) is 6.65. The predicted molar refractivity (Wildman–Crippen MR) is 151 cm³/mol. The molecule has 0 aliphatic carbocycles. The van der Waals surface area contributed by atoms with E-state index in [9.17, 15) is 24.3 Å². The first-order chi connectivity index (χ1) is 19.2. The Balaban J connectivity index is 1.47. The van der Waals surface area contributed by atoms with Crippen molar-refractivity contribution in [3.8, 4) is 11.5 Å². The Morgan fingerprint density at radius 3 is 2.60 bits per heavy atom. The molecule has 4 amide bonds. The number of carboxylic acid groups (broad SMARTS) is 1. The molecule has 206 valence electrons. The molecule has 10 nitrogen and oxygen atoms in total. The lowest BCUT2D eigenvalue weighted by Gasteiger charge is -2.14. The topological polar surface area (TPSA) is 134 Å². The molecular formula is C29H26BrN3O7. The Morgan fingerprint density at radius 1 is 1.10 bits per heavy atom. The zero-order valence-electron chi connectivity index (χ0n) is 21.7. The molecule has 0 atom stereocenters. The number of imide groups is 1. The summed E-state index contributed by atoms with van der Waals surface area (Å²) in [4.78, 5) is 50.1. The molecule has 0 bridgehead atoms. The van der Waals surface area contributed by atoms with E-state index in [1.807, 2.05) is 19.1 Å². The fraction of sp³-hybridized carbons (Fsp3) is 0.172. The number of nitrogens with one attached hydrogen (secondary N) is 2. The van der Waals surface area contributed by atoms with Crippen molar-refractivity contribution in [2.24, 2.45) is 0 Å². The van der Waals surface area contributed by atoms with E-state index in [0.29, 0.717) is 39.2 Å². The van der Waals surface area contributed by atoms with Crippen LogP contribution in [0.2, 0.25) is 0 Å². The molecule has 11 heteroatoms. The van der Waals surface area contributed by atoms with E-state index in [1.54, 1.807) is 36.4 Å². The number of nitrogens with zero attached hydrogens (tertiary/aromatic N) is 1. The summed E-state index contributed by atoms with van der Waals surface area (Å²) < 4.78 is 11.9. The van der Waals surface area contributed by atoms with Gasteiger partial charge in [0.2, 0.25) is 5.91 Å². The van der Waals surface area contributed by atoms with Gasteiger partial charge in [-0.25, -0.2) is 14.5 Å². The summed E-state index contributed by atoms with van der Waals surface area (Å²) in [6, 6.07) is 16.3. The molecule has 0 unspecified atom stereocenters. The van der Waals surface area contributed by atoms with Crippen LogP contribution in [0.25, 0.3) is 6.08 Å². The Hall–Kier alpha value is -4.64. The van der Waals surface area contributed by atoms with Crippen molar-refractivity contribution in [3.63, 3.8) is 0 Å². The van der Waals surface area contributed by atoms with E-state index in [-0.39, 0.29) is 17.9 Å². The first-order valence-corrected chi connectivity index (χ1v) is 13.0. The third kappa shape index (κ3) is 6.49. The van der Waals surface area contributed by atoms with E-state index in [2.05, 4.69) is 26.6 Å². The third-order valence-electron chi connectivity index (χ3n) is 6.06. The number of urea groups is 1. The summed E-state index contributed by atoms with van der Waals surface area (Å²) in [5.41, 5.74) is 2.90. The monoisotopic (exact) mass is 607 g/mol. The number of methoxy groups -OCH3 is 1. The summed E-state index contributed by atoms with van der Waals surface area (Å²) in [6.45, 7) is 1.61. The lowest BCUT2D eigenvalue weighted by Crippen LogP contribution is -2.38. The maximum absolute atomic E-state index is 13.0. The molecule has 1 saturated heterocycles. The molecule has 1 aliphatic heterocycles. The van der Waals surface area contributed by atoms with Crippen molar-refractivity contribution in [1.29, 1.82) is 0 Å². The van der Waals surface area contributed by atoms with Gasteiger partial charge < -0.3 is 25.2 Å². The second-order valence-corrected chi connectivity index (χ2v) is 9.62. The number of ether oxygens (including phenoxy) is 2. The molecule has 40 heavy (non-hydrogen) atoms. The number of carbonyl (C=O) groups is 4. The SMILES string of the molecule is CCc1ccccc1NC(=O)CN1C(=O)N/C(=C/c2cc(Br)c(OCc3cccc(C(=O)O)c3)c(OC)c2)C1=O. The summed E-state index contributed by atoms with van der Waals surface area (Å²) in [7, 11) is 1.45. The number of carbonyl (C=O) groups excluding carboxylic acids is 3. The number of aryl methyl sites for hydroxylation is 1. The number of hydrogen-bond acceptors (Lipinski definition) is 6. The molecule has 3 N–H and O–H groups in total. The molecule has 1 heterocycles. The van der Waals surface area contributed by atoms with Crippen LogP contribution in [0.4, 0.5) is 10.5 Å². The van der Waals surface area contributed by atoms with Gasteiger partial charge in [-0.2, -0.15) is 0 Å². The van der Waals surface area contributed by atoms with Crippen LogP contribution in [-0.4, -0.2) is 47.5 Å². The number of carboxylic acids is 1. The molecule has 0 saturated carbocycles. The molecule has 4 rings (SSSR count). The largest absolute Gasteiger partial charge is 0.493 e. The normalized spacial score (nSPS) is 13.8. The summed E-state index contributed by atoms with van der Waals surface area (Å²) in [5, 5.41) is 14.5. The van der Waals surface area contributed by atoms with Crippen LogP contribution >= 0.6 is 15.9 Å². The highest BCUT2D eigenvalue weighted by Gasteiger charge is 2.35. The molecule has 3 aromatic rings. The van der Waals surface area contributed by atoms with Crippen molar-refractivity contribution in [2.75, 3.05) is 19.0 Å². The molecule has 1 aliphatic rings. The summed E-state index contributed by atoms with van der Waals surface area (Å²) in [5.74, 6) is -1.45. The smallest absolute Gasteiger partial charge is 0.335 e. The molecule has 0 spiro atoms. The van der Waals surface area contributed by atoms with E-state index >= 15 is 0 Å². The molecule has 0 aromatic heterocycles. The first-order valence-electron chi connectivity index (χ1n) is 12.2. The Bertz CT molecular complexity index is 1520. The van der Waals surface area contributed by atoms with Gasteiger partial charge in [-0.3, -0.25) is 9.59 Å². The summed E-state index contributed by atoms with van der Waals surface area (Å²) >= 11 is 3.45. The number of hydrogen-bond donors (Lipinski definition) is 3. The molecule has 1 fully saturated rings. The molecular weight excluding hydrogens is 582 g/mol. The first kappa shape index (κ1) is 28.4. The minimum Gasteiger partial charge on any atom is -0.493 e. The maximum Gasteiger partial charge on any atom is 0.335 e. The lowest BCUT2D eigenvalue weighted by atomic mass is 10.1. The van der Waals surface area contributed by atoms with Crippen LogP contribution in [0.15, 0.2) is 70.8 Å². The van der Waals surface area contributed by atoms with Gasteiger partial charge in [-0.1, -0.05) is 37.3 Å². The van der Waals surface area contributed by atoms with Crippen LogP contribution in [-0.2, 0) is 22.6 Å². The van der Waals surface area contributed by atoms with Gasteiger partial charge in [0.15, 0.2) is 11.5 Å². The highest BCUT2D eigenvalue weighted by molar-refractivity contribution is 9.10. The lowest BCUT2D eigenvalue weighted by molar-refractivity contribution is -0.127. The number of halogens is 1. The fourth-order valence-corrected chi connectivity index (χ4v) is 4.65. The van der Waals surface area contributed by atoms with Crippen LogP contribution < -0.4 is 20.1 Å². The van der Waals surface area contributed by atoms with Crippen LogP contribution in [0.1, 0.15) is 34.0 Å². The van der Waals surface area contributed by atoms with Gasteiger partial charge in [0.05, 0.1) is 17.1 Å². The van der Waals surface area contributed by atoms with Crippen molar-refractivity contribution in [1.82, 2.24) is 10.2 Å². The van der Waals surface area contributed by atoms with E-state index in [4.69, 9.17) is 9.47 Å². The van der Waals surface area contributed by atoms with Crippen molar-refractivity contribution >= 4 is 51.5 Å². The Kier molecular flexibility index (Phi) is 8.85. The maximum atomic E-state index is 13.0. The van der Waals surface area contributed by atoms with E-state index in [0.717, 1.165) is 10.5 Å². The highest BCUT2D eigenvalue weighted by Crippen LogP contribution is 2.38. The minimum atomic E-state index is -1.03. The fourth-order valence-electron chi connectivity index (χ4n) is 4.08. The van der Waals surface area contributed by atoms with E-state index < -0.39 is 30.4 Å². The summed E-state index contributed by atoms with van der Waals surface area (Å²) in [6.07, 6.45) is 2.19. The molecule has 0 radical (unpaired) electrons.